The molecular weight excluding hydrogens is 422 g/mol. The highest BCUT2D eigenvalue weighted by atomic mass is 16.6. The van der Waals surface area contributed by atoms with E-state index in [9.17, 15) is 14.9 Å². The van der Waals surface area contributed by atoms with E-state index in [1.165, 1.54) is 19.3 Å². The quantitative estimate of drug-likeness (QED) is 0.298. The largest absolute Gasteiger partial charge is 0.462 e. The molecule has 3 saturated heterocycles. The lowest BCUT2D eigenvalue weighted by Crippen LogP contribution is -2.55. The molecule has 3 aliphatic heterocycles. The minimum Gasteiger partial charge on any atom is -0.462 e. The van der Waals surface area contributed by atoms with Crippen molar-refractivity contribution in [2.45, 2.75) is 57.3 Å². The summed E-state index contributed by atoms with van der Waals surface area (Å²) in [6.07, 6.45) is 4.73. The van der Waals surface area contributed by atoms with Gasteiger partial charge in [-0.05, 0) is 37.3 Å². The molecular formula is C25H33N3O5. The second kappa shape index (κ2) is 7.40. The number of ether oxygens (including phenoxy) is 2. The molecule has 0 radical (unpaired) electrons. The molecule has 33 heavy (non-hydrogen) atoms. The first kappa shape index (κ1) is 21.4. The first-order valence-electron chi connectivity index (χ1n) is 12.4. The van der Waals surface area contributed by atoms with E-state index < -0.39 is 0 Å². The molecule has 0 bridgehead atoms. The van der Waals surface area contributed by atoms with Gasteiger partial charge in [-0.2, -0.15) is 0 Å². The SMILES string of the molecule is C[C@@H]1CCC[C@]2(C)C[C@@H]3OC(=O)[C@H](CN4CCN(c5ccc([N+](=O)[O-])cc5)CC4)[C@@H]3[C@@H]3O[C@@]132. The molecule has 2 aliphatic carbocycles. The molecule has 0 aromatic heterocycles. The Hall–Kier alpha value is -2.19. The topological polar surface area (TPSA) is 88.5 Å². The summed E-state index contributed by atoms with van der Waals surface area (Å²) in [6, 6.07) is 6.76. The number of fused-ring (bicyclic) bond motifs is 2. The van der Waals surface area contributed by atoms with Crippen LogP contribution < -0.4 is 4.90 Å². The minimum absolute atomic E-state index is 0.000163. The van der Waals surface area contributed by atoms with Gasteiger partial charge >= 0.3 is 5.97 Å². The summed E-state index contributed by atoms with van der Waals surface area (Å²) in [5, 5.41) is 10.9. The number of nitrogens with zero attached hydrogens (tertiary/aromatic N) is 3. The summed E-state index contributed by atoms with van der Waals surface area (Å²) in [4.78, 5) is 28.1. The first-order valence-corrected chi connectivity index (χ1v) is 12.4. The number of hydrogen-bond donors (Lipinski definition) is 0. The van der Waals surface area contributed by atoms with Gasteiger partial charge in [-0.1, -0.05) is 20.3 Å². The predicted octanol–water partition coefficient (Wildman–Crippen LogP) is 3.24. The normalized spacial score (nSPS) is 42.2. The van der Waals surface area contributed by atoms with Crippen LogP contribution in [0.15, 0.2) is 24.3 Å². The average molecular weight is 456 g/mol. The van der Waals surface area contributed by atoms with Crippen LogP contribution >= 0.6 is 0 Å². The van der Waals surface area contributed by atoms with Crippen LogP contribution in [0.5, 0.6) is 0 Å². The smallest absolute Gasteiger partial charge is 0.311 e. The monoisotopic (exact) mass is 455 g/mol. The Labute approximate surface area is 194 Å². The summed E-state index contributed by atoms with van der Waals surface area (Å²) in [5.74, 6) is 0.579. The van der Waals surface area contributed by atoms with Crippen molar-refractivity contribution in [2.24, 2.45) is 23.2 Å². The van der Waals surface area contributed by atoms with Crippen molar-refractivity contribution in [1.82, 2.24) is 4.90 Å². The maximum Gasteiger partial charge on any atom is 0.311 e. The van der Waals surface area contributed by atoms with Crippen LogP contribution in [-0.4, -0.2) is 66.3 Å². The molecule has 178 valence electrons. The maximum atomic E-state index is 13.0. The molecule has 1 aromatic rings. The van der Waals surface area contributed by atoms with Gasteiger partial charge in [-0.15, -0.1) is 0 Å². The van der Waals surface area contributed by atoms with Gasteiger partial charge in [-0.25, -0.2) is 0 Å². The van der Waals surface area contributed by atoms with Gasteiger partial charge in [0.05, 0.1) is 16.9 Å². The standard InChI is InChI=1S/C25H33N3O5/c1-16-4-3-9-24(2)14-20-21(22-25(16,24)33-22)19(23(29)32-20)15-26-10-12-27(13-11-26)17-5-7-18(8-6-17)28(30)31/h5-8,16,19-22H,3-4,9-15H2,1-2H3/t16-,19-,20+,21+,22+,24-,25+/m1/s1. The van der Waals surface area contributed by atoms with Crippen molar-refractivity contribution in [2.75, 3.05) is 37.6 Å². The van der Waals surface area contributed by atoms with Crippen molar-refractivity contribution >= 4 is 17.3 Å². The fraction of sp³-hybridized carbons (Fsp3) is 0.720. The van der Waals surface area contributed by atoms with Crippen molar-refractivity contribution in [3.05, 3.63) is 34.4 Å². The zero-order chi connectivity index (χ0) is 23.0. The number of hydrogen-bond acceptors (Lipinski definition) is 7. The molecule has 7 atom stereocenters. The van der Waals surface area contributed by atoms with Gasteiger partial charge in [0.2, 0.25) is 0 Å². The first-order chi connectivity index (χ1) is 15.8. The lowest BCUT2D eigenvalue weighted by atomic mass is 9.53. The summed E-state index contributed by atoms with van der Waals surface area (Å²) in [7, 11) is 0. The second-order valence-electron chi connectivity index (χ2n) is 11.1. The molecule has 0 amide bonds. The number of nitro benzene ring substituents is 1. The zero-order valence-corrected chi connectivity index (χ0v) is 19.4. The highest BCUT2D eigenvalue weighted by molar-refractivity contribution is 5.76. The Balaban J connectivity index is 1.11. The van der Waals surface area contributed by atoms with Gasteiger partial charge in [0.1, 0.15) is 11.7 Å². The van der Waals surface area contributed by atoms with E-state index in [0.717, 1.165) is 44.8 Å². The van der Waals surface area contributed by atoms with Gasteiger partial charge in [0.25, 0.3) is 5.69 Å². The maximum absolute atomic E-state index is 13.0. The molecule has 8 nitrogen and oxygen atoms in total. The van der Waals surface area contributed by atoms with Crippen molar-refractivity contribution in [3.63, 3.8) is 0 Å². The number of anilines is 1. The van der Waals surface area contributed by atoms with Crippen LogP contribution in [0.1, 0.15) is 39.5 Å². The third-order valence-corrected chi connectivity index (χ3v) is 9.45. The van der Waals surface area contributed by atoms with Gasteiger partial charge in [0, 0.05) is 61.9 Å². The summed E-state index contributed by atoms with van der Waals surface area (Å²) in [5.41, 5.74) is 1.20. The van der Waals surface area contributed by atoms with E-state index in [2.05, 4.69) is 23.6 Å². The Morgan fingerprint density at radius 3 is 2.61 bits per heavy atom. The van der Waals surface area contributed by atoms with Crippen molar-refractivity contribution in [1.29, 1.82) is 0 Å². The van der Waals surface area contributed by atoms with E-state index in [4.69, 9.17) is 9.47 Å². The fourth-order valence-electron chi connectivity index (χ4n) is 7.69. The van der Waals surface area contributed by atoms with Crippen LogP contribution in [0.4, 0.5) is 11.4 Å². The van der Waals surface area contributed by atoms with Gasteiger partial charge in [-0.3, -0.25) is 19.8 Å². The molecule has 2 saturated carbocycles. The summed E-state index contributed by atoms with van der Waals surface area (Å²) < 4.78 is 12.5. The molecule has 1 aromatic carbocycles. The Morgan fingerprint density at radius 1 is 1.18 bits per heavy atom. The van der Waals surface area contributed by atoms with E-state index in [1.54, 1.807) is 12.1 Å². The number of benzene rings is 1. The molecule has 5 fully saturated rings. The third-order valence-electron chi connectivity index (χ3n) is 9.45. The lowest BCUT2D eigenvalue weighted by molar-refractivity contribution is -0.384. The number of rotatable bonds is 4. The van der Waals surface area contributed by atoms with E-state index in [0.29, 0.717) is 5.92 Å². The predicted molar refractivity (Wildman–Crippen MR) is 122 cm³/mol. The number of epoxide rings is 1. The summed E-state index contributed by atoms with van der Waals surface area (Å²) >= 11 is 0. The van der Waals surface area contributed by atoms with Crippen LogP contribution in [-0.2, 0) is 14.3 Å². The van der Waals surface area contributed by atoms with Crippen molar-refractivity contribution < 1.29 is 19.2 Å². The fourth-order valence-corrected chi connectivity index (χ4v) is 7.69. The minimum atomic E-state index is -0.370. The van der Waals surface area contributed by atoms with Gasteiger partial charge < -0.3 is 14.4 Å². The van der Waals surface area contributed by atoms with Crippen LogP contribution in [0, 0.1) is 33.3 Å². The van der Waals surface area contributed by atoms with Crippen LogP contribution in [0.25, 0.3) is 0 Å². The highest BCUT2D eigenvalue weighted by Gasteiger charge is 2.78. The molecule has 5 aliphatic rings. The summed E-state index contributed by atoms with van der Waals surface area (Å²) in [6.45, 7) is 8.83. The number of nitro groups is 1. The lowest BCUT2D eigenvalue weighted by Gasteiger charge is -2.49. The Bertz CT molecular complexity index is 961. The number of carbonyl (C=O) groups excluding carboxylic acids is 1. The average Bonchev–Trinajstić information content (AvgIpc) is 3.49. The molecule has 0 N–H and O–H groups in total. The number of carbonyl (C=O) groups is 1. The Morgan fingerprint density at radius 2 is 1.91 bits per heavy atom. The number of esters is 1. The molecule has 0 unspecified atom stereocenters. The van der Waals surface area contributed by atoms with E-state index in [-0.39, 0.29) is 51.6 Å². The number of non-ortho nitro benzene ring substituents is 1. The Kier molecular flexibility index (Phi) is 4.79. The third kappa shape index (κ3) is 3.13. The zero-order valence-electron chi connectivity index (χ0n) is 19.4. The van der Waals surface area contributed by atoms with Crippen LogP contribution in [0.2, 0.25) is 0 Å². The van der Waals surface area contributed by atoms with E-state index >= 15 is 0 Å². The van der Waals surface area contributed by atoms with Crippen molar-refractivity contribution in [3.8, 4) is 0 Å². The number of piperazine rings is 1. The van der Waals surface area contributed by atoms with Gasteiger partial charge in [0.15, 0.2) is 0 Å². The molecule has 8 heteroatoms. The van der Waals surface area contributed by atoms with E-state index in [1.807, 2.05) is 12.1 Å². The molecule has 6 rings (SSSR count). The highest BCUT2D eigenvalue weighted by Crippen LogP contribution is 2.70. The second-order valence-corrected chi connectivity index (χ2v) is 11.1. The van der Waals surface area contributed by atoms with Crippen LogP contribution in [0.3, 0.4) is 0 Å². The molecule has 1 spiro atoms. The molecule has 3 heterocycles.